The lowest BCUT2D eigenvalue weighted by atomic mass is 9.70. The van der Waals surface area contributed by atoms with Crippen molar-refractivity contribution in [3.63, 3.8) is 0 Å². The SMILES string of the molecule is CCOC(C)(C)C(NC)C1CCCCC1CC. The molecule has 0 spiro atoms. The van der Waals surface area contributed by atoms with Crippen LogP contribution < -0.4 is 5.32 Å². The van der Waals surface area contributed by atoms with Crippen molar-refractivity contribution in [2.45, 2.75) is 71.4 Å². The highest BCUT2D eigenvalue weighted by molar-refractivity contribution is 4.94. The molecule has 3 atom stereocenters. The maximum Gasteiger partial charge on any atom is 0.0781 e. The maximum absolute atomic E-state index is 5.97. The third-order valence-corrected chi connectivity index (χ3v) is 4.50. The summed E-state index contributed by atoms with van der Waals surface area (Å²) in [6.45, 7) is 9.70. The maximum atomic E-state index is 5.97. The van der Waals surface area contributed by atoms with Gasteiger partial charge in [-0.2, -0.15) is 0 Å². The molecule has 0 heterocycles. The van der Waals surface area contributed by atoms with Crippen LogP contribution in [-0.2, 0) is 4.74 Å². The first-order chi connectivity index (χ1) is 8.06. The quantitative estimate of drug-likeness (QED) is 0.767. The van der Waals surface area contributed by atoms with E-state index in [1.807, 2.05) is 0 Å². The molecule has 2 nitrogen and oxygen atoms in total. The van der Waals surface area contributed by atoms with Crippen molar-refractivity contribution in [1.82, 2.24) is 5.32 Å². The van der Waals surface area contributed by atoms with E-state index < -0.39 is 0 Å². The van der Waals surface area contributed by atoms with E-state index in [-0.39, 0.29) is 5.60 Å². The molecule has 1 aliphatic rings. The third kappa shape index (κ3) is 3.69. The smallest absolute Gasteiger partial charge is 0.0781 e. The van der Waals surface area contributed by atoms with Gasteiger partial charge in [0.2, 0.25) is 0 Å². The number of rotatable bonds is 6. The van der Waals surface area contributed by atoms with Gasteiger partial charge in [0.1, 0.15) is 0 Å². The second kappa shape index (κ2) is 6.75. The monoisotopic (exact) mass is 241 g/mol. The van der Waals surface area contributed by atoms with Crippen molar-refractivity contribution < 1.29 is 4.74 Å². The molecular formula is C15H31NO. The minimum Gasteiger partial charge on any atom is -0.374 e. The second-order valence-electron chi connectivity index (χ2n) is 5.92. The summed E-state index contributed by atoms with van der Waals surface area (Å²) in [6.07, 6.45) is 6.88. The van der Waals surface area contributed by atoms with Crippen LogP contribution in [0.3, 0.4) is 0 Å². The fourth-order valence-electron chi connectivity index (χ4n) is 3.72. The largest absolute Gasteiger partial charge is 0.374 e. The van der Waals surface area contributed by atoms with E-state index in [1.165, 1.54) is 32.1 Å². The Kier molecular flexibility index (Phi) is 5.94. The molecule has 1 rings (SSSR count). The van der Waals surface area contributed by atoms with Gasteiger partial charge in [-0.1, -0.05) is 32.6 Å². The van der Waals surface area contributed by atoms with Crippen molar-refractivity contribution in [3.05, 3.63) is 0 Å². The number of hydrogen-bond donors (Lipinski definition) is 1. The zero-order valence-electron chi connectivity index (χ0n) is 12.4. The standard InChI is InChI=1S/C15H31NO/c1-6-12-10-8-9-11-13(12)14(16-5)15(3,4)17-7-2/h12-14,16H,6-11H2,1-5H3. The van der Waals surface area contributed by atoms with Crippen LogP contribution in [0.5, 0.6) is 0 Å². The molecule has 102 valence electrons. The molecule has 0 aromatic heterocycles. The first-order valence-electron chi connectivity index (χ1n) is 7.38. The van der Waals surface area contributed by atoms with Crippen molar-refractivity contribution in [2.24, 2.45) is 11.8 Å². The number of ether oxygens (including phenoxy) is 1. The molecule has 0 aromatic carbocycles. The van der Waals surface area contributed by atoms with Crippen LogP contribution in [0, 0.1) is 11.8 Å². The highest BCUT2D eigenvalue weighted by Crippen LogP contribution is 2.38. The van der Waals surface area contributed by atoms with E-state index >= 15 is 0 Å². The lowest BCUT2D eigenvalue weighted by Gasteiger charge is -2.44. The van der Waals surface area contributed by atoms with Gasteiger partial charge < -0.3 is 10.1 Å². The van der Waals surface area contributed by atoms with Crippen LogP contribution in [0.4, 0.5) is 0 Å². The van der Waals surface area contributed by atoms with Gasteiger partial charge in [-0.3, -0.25) is 0 Å². The molecule has 1 fully saturated rings. The summed E-state index contributed by atoms with van der Waals surface area (Å²) in [6, 6.07) is 0.479. The fourth-order valence-corrected chi connectivity index (χ4v) is 3.72. The molecule has 0 radical (unpaired) electrons. The topological polar surface area (TPSA) is 21.3 Å². The summed E-state index contributed by atoms with van der Waals surface area (Å²) >= 11 is 0. The zero-order valence-corrected chi connectivity index (χ0v) is 12.4. The highest BCUT2D eigenvalue weighted by atomic mass is 16.5. The highest BCUT2D eigenvalue weighted by Gasteiger charge is 2.39. The predicted molar refractivity (Wildman–Crippen MR) is 74.3 cm³/mol. The lowest BCUT2D eigenvalue weighted by molar-refractivity contribution is -0.0635. The summed E-state index contributed by atoms with van der Waals surface area (Å²) in [4.78, 5) is 0. The Hall–Kier alpha value is -0.0800. The number of nitrogens with one attached hydrogen (secondary N) is 1. The van der Waals surface area contributed by atoms with E-state index in [2.05, 4.69) is 40.1 Å². The van der Waals surface area contributed by atoms with E-state index in [0.717, 1.165) is 18.4 Å². The molecular weight excluding hydrogens is 210 g/mol. The van der Waals surface area contributed by atoms with Crippen molar-refractivity contribution in [1.29, 1.82) is 0 Å². The van der Waals surface area contributed by atoms with Crippen LogP contribution in [0.15, 0.2) is 0 Å². The summed E-state index contributed by atoms with van der Waals surface area (Å²) in [5.41, 5.74) is -0.0566. The van der Waals surface area contributed by atoms with E-state index in [1.54, 1.807) is 0 Å². The minimum atomic E-state index is -0.0566. The van der Waals surface area contributed by atoms with Crippen molar-refractivity contribution in [2.75, 3.05) is 13.7 Å². The summed E-state index contributed by atoms with van der Waals surface area (Å²) < 4.78 is 5.97. The molecule has 2 heteroatoms. The Bertz CT molecular complexity index is 215. The fraction of sp³-hybridized carbons (Fsp3) is 1.00. The molecule has 17 heavy (non-hydrogen) atoms. The van der Waals surface area contributed by atoms with Crippen molar-refractivity contribution in [3.8, 4) is 0 Å². The molecule has 1 aliphatic carbocycles. The first-order valence-corrected chi connectivity index (χ1v) is 7.38. The second-order valence-corrected chi connectivity index (χ2v) is 5.92. The Morgan fingerprint density at radius 3 is 2.41 bits per heavy atom. The number of likely N-dealkylation sites (N-methyl/N-ethyl adjacent to an activating group) is 1. The van der Waals surface area contributed by atoms with Crippen molar-refractivity contribution >= 4 is 0 Å². The third-order valence-electron chi connectivity index (χ3n) is 4.50. The Morgan fingerprint density at radius 1 is 1.24 bits per heavy atom. The van der Waals surface area contributed by atoms with Gasteiger partial charge in [-0.25, -0.2) is 0 Å². The number of hydrogen-bond acceptors (Lipinski definition) is 2. The Balaban J connectivity index is 2.76. The average molecular weight is 241 g/mol. The van der Waals surface area contributed by atoms with Gasteiger partial charge in [0, 0.05) is 12.6 Å². The van der Waals surface area contributed by atoms with Gasteiger partial charge >= 0.3 is 0 Å². The normalized spacial score (nSPS) is 28.1. The summed E-state index contributed by atoms with van der Waals surface area (Å²) in [5.74, 6) is 1.65. The van der Waals surface area contributed by atoms with E-state index in [9.17, 15) is 0 Å². The Morgan fingerprint density at radius 2 is 1.88 bits per heavy atom. The first kappa shape index (κ1) is 15.0. The van der Waals surface area contributed by atoms with Crippen LogP contribution >= 0.6 is 0 Å². The van der Waals surface area contributed by atoms with Gasteiger partial charge in [-0.15, -0.1) is 0 Å². The molecule has 1 saturated carbocycles. The van der Waals surface area contributed by atoms with Gasteiger partial charge in [0.15, 0.2) is 0 Å². The molecule has 1 N–H and O–H groups in total. The van der Waals surface area contributed by atoms with E-state index in [0.29, 0.717) is 6.04 Å². The average Bonchev–Trinajstić information content (AvgIpc) is 2.30. The minimum absolute atomic E-state index is 0.0566. The molecule has 3 unspecified atom stereocenters. The summed E-state index contributed by atoms with van der Waals surface area (Å²) in [7, 11) is 2.09. The Labute approximate surface area is 108 Å². The van der Waals surface area contributed by atoms with Crippen LogP contribution in [0.2, 0.25) is 0 Å². The van der Waals surface area contributed by atoms with Crippen LogP contribution in [-0.4, -0.2) is 25.3 Å². The van der Waals surface area contributed by atoms with Gasteiger partial charge in [0.25, 0.3) is 0 Å². The molecule has 0 amide bonds. The molecule has 0 aromatic rings. The van der Waals surface area contributed by atoms with E-state index in [4.69, 9.17) is 4.74 Å². The zero-order chi connectivity index (χ0) is 12.9. The van der Waals surface area contributed by atoms with Crippen LogP contribution in [0.25, 0.3) is 0 Å². The molecule has 0 aliphatic heterocycles. The van der Waals surface area contributed by atoms with Gasteiger partial charge in [0.05, 0.1) is 5.60 Å². The molecule has 0 bridgehead atoms. The molecule has 0 saturated heterocycles. The van der Waals surface area contributed by atoms with Gasteiger partial charge in [-0.05, 0) is 46.1 Å². The lowest BCUT2D eigenvalue weighted by Crippen LogP contribution is -2.54. The predicted octanol–water partition coefficient (Wildman–Crippen LogP) is 3.61. The summed E-state index contributed by atoms with van der Waals surface area (Å²) in [5, 5.41) is 3.54. The van der Waals surface area contributed by atoms with Crippen LogP contribution in [0.1, 0.15) is 59.8 Å².